The molecule has 0 bridgehead atoms. The molecule has 0 aliphatic carbocycles. The van der Waals surface area contributed by atoms with E-state index >= 15 is 0 Å². The Hall–Kier alpha value is -0.600. The summed E-state index contributed by atoms with van der Waals surface area (Å²) in [7, 11) is 0. The molecule has 13 heavy (non-hydrogen) atoms. The lowest BCUT2D eigenvalue weighted by Gasteiger charge is -2.10. The van der Waals surface area contributed by atoms with Gasteiger partial charge in [0.05, 0.1) is 6.67 Å². The SMILES string of the molecule is Cc1ccc([C@H](N)CCF)cc1Cl. The Bertz CT molecular complexity index is 288. The molecular formula is C10H13ClFN. The largest absolute Gasteiger partial charge is 0.324 e. The summed E-state index contributed by atoms with van der Waals surface area (Å²) in [6.45, 7) is 1.53. The van der Waals surface area contributed by atoms with Gasteiger partial charge in [-0.3, -0.25) is 4.39 Å². The van der Waals surface area contributed by atoms with Gasteiger partial charge in [-0.2, -0.15) is 0 Å². The second-order valence-corrected chi connectivity index (χ2v) is 3.50. The average molecular weight is 202 g/mol. The summed E-state index contributed by atoms with van der Waals surface area (Å²) in [5.74, 6) is 0. The standard InChI is InChI=1S/C10H13ClFN/c1-7-2-3-8(6-9(7)11)10(13)4-5-12/h2-3,6,10H,4-5,13H2,1H3/t10-/m1/s1. The van der Waals surface area contributed by atoms with E-state index in [1.807, 2.05) is 19.1 Å². The topological polar surface area (TPSA) is 26.0 Å². The minimum Gasteiger partial charge on any atom is -0.324 e. The van der Waals surface area contributed by atoms with Crippen LogP contribution in [0.25, 0.3) is 0 Å². The first-order chi connectivity index (χ1) is 6.15. The molecule has 0 saturated carbocycles. The number of hydrogen-bond acceptors (Lipinski definition) is 1. The monoisotopic (exact) mass is 201 g/mol. The van der Waals surface area contributed by atoms with Gasteiger partial charge in [-0.25, -0.2) is 0 Å². The van der Waals surface area contributed by atoms with Crippen LogP contribution in [-0.2, 0) is 0 Å². The molecule has 2 N–H and O–H groups in total. The van der Waals surface area contributed by atoms with Gasteiger partial charge in [-0.15, -0.1) is 0 Å². The van der Waals surface area contributed by atoms with E-state index in [1.165, 1.54) is 0 Å². The predicted molar refractivity (Wildman–Crippen MR) is 53.7 cm³/mol. The Morgan fingerprint density at radius 2 is 2.23 bits per heavy atom. The normalized spacial score (nSPS) is 12.9. The maximum atomic E-state index is 12.0. The summed E-state index contributed by atoms with van der Waals surface area (Å²) in [6.07, 6.45) is 0.347. The maximum absolute atomic E-state index is 12.0. The molecule has 1 atom stereocenters. The quantitative estimate of drug-likeness (QED) is 0.800. The summed E-state index contributed by atoms with van der Waals surface area (Å²) >= 11 is 5.91. The molecule has 1 aromatic carbocycles. The highest BCUT2D eigenvalue weighted by atomic mass is 35.5. The van der Waals surface area contributed by atoms with E-state index in [-0.39, 0.29) is 6.04 Å². The van der Waals surface area contributed by atoms with Crippen molar-refractivity contribution in [1.29, 1.82) is 0 Å². The smallest absolute Gasteiger partial charge is 0.0912 e. The third-order valence-electron chi connectivity index (χ3n) is 2.04. The summed E-state index contributed by atoms with van der Waals surface area (Å²) < 4.78 is 12.0. The van der Waals surface area contributed by atoms with E-state index in [0.717, 1.165) is 11.1 Å². The van der Waals surface area contributed by atoms with Gasteiger partial charge >= 0.3 is 0 Å². The van der Waals surface area contributed by atoms with Crippen LogP contribution >= 0.6 is 11.6 Å². The van der Waals surface area contributed by atoms with Crippen LogP contribution < -0.4 is 5.73 Å². The van der Waals surface area contributed by atoms with Gasteiger partial charge in [0.1, 0.15) is 0 Å². The summed E-state index contributed by atoms with van der Waals surface area (Å²) in [6, 6.07) is 5.34. The van der Waals surface area contributed by atoms with Gasteiger partial charge in [-0.1, -0.05) is 23.7 Å². The maximum Gasteiger partial charge on any atom is 0.0912 e. The van der Waals surface area contributed by atoms with Crippen molar-refractivity contribution in [3.8, 4) is 0 Å². The van der Waals surface area contributed by atoms with Gasteiger partial charge in [-0.05, 0) is 30.5 Å². The molecule has 0 aliphatic rings. The molecule has 0 amide bonds. The first-order valence-corrected chi connectivity index (χ1v) is 4.60. The van der Waals surface area contributed by atoms with E-state index in [0.29, 0.717) is 11.4 Å². The van der Waals surface area contributed by atoms with Crippen molar-refractivity contribution in [2.24, 2.45) is 5.73 Å². The van der Waals surface area contributed by atoms with Crippen LogP contribution in [-0.4, -0.2) is 6.67 Å². The molecule has 0 unspecified atom stereocenters. The first-order valence-electron chi connectivity index (χ1n) is 4.22. The van der Waals surface area contributed by atoms with Crippen molar-refractivity contribution in [3.05, 3.63) is 34.3 Å². The molecule has 0 saturated heterocycles. The van der Waals surface area contributed by atoms with Crippen LogP contribution in [0, 0.1) is 6.92 Å². The Labute approximate surface area is 82.7 Å². The minimum atomic E-state index is -0.396. The van der Waals surface area contributed by atoms with Crippen LogP contribution in [0.15, 0.2) is 18.2 Å². The third-order valence-corrected chi connectivity index (χ3v) is 2.45. The van der Waals surface area contributed by atoms with Crippen molar-refractivity contribution in [2.75, 3.05) is 6.67 Å². The summed E-state index contributed by atoms with van der Waals surface area (Å²) in [5, 5.41) is 0.687. The third kappa shape index (κ3) is 2.68. The molecule has 1 nitrogen and oxygen atoms in total. The summed E-state index contributed by atoms with van der Waals surface area (Å²) in [4.78, 5) is 0. The second kappa shape index (κ2) is 4.58. The fraction of sp³-hybridized carbons (Fsp3) is 0.400. The van der Waals surface area contributed by atoms with E-state index in [9.17, 15) is 4.39 Å². The van der Waals surface area contributed by atoms with Crippen molar-refractivity contribution in [2.45, 2.75) is 19.4 Å². The van der Waals surface area contributed by atoms with Crippen molar-refractivity contribution in [1.82, 2.24) is 0 Å². The lowest BCUT2D eigenvalue weighted by molar-refractivity contribution is 0.442. The molecule has 1 aromatic rings. The van der Waals surface area contributed by atoms with Crippen molar-refractivity contribution in [3.63, 3.8) is 0 Å². The molecule has 0 aliphatic heterocycles. The summed E-state index contributed by atoms with van der Waals surface area (Å²) in [5.41, 5.74) is 7.63. The van der Waals surface area contributed by atoms with Crippen LogP contribution in [0.3, 0.4) is 0 Å². The Morgan fingerprint density at radius 1 is 1.54 bits per heavy atom. The molecule has 0 spiro atoms. The number of aryl methyl sites for hydroxylation is 1. The number of halogens is 2. The zero-order chi connectivity index (χ0) is 9.84. The molecule has 72 valence electrons. The van der Waals surface area contributed by atoms with E-state index < -0.39 is 6.67 Å². The highest BCUT2D eigenvalue weighted by molar-refractivity contribution is 6.31. The second-order valence-electron chi connectivity index (χ2n) is 3.09. The van der Waals surface area contributed by atoms with E-state index in [4.69, 9.17) is 17.3 Å². The van der Waals surface area contributed by atoms with Crippen molar-refractivity contribution >= 4 is 11.6 Å². The predicted octanol–water partition coefficient (Wildman–Crippen LogP) is 3.01. The highest BCUT2D eigenvalue weighted by Crippen LogP contribution is 2.21. The zero-order valence-corrected chi connectivity index (χ0v) is 8.31. The van der Waals surface area contributed by atoms with Gasteiger partial charge in [0, 0.05) is 11.1 Å². The first kappa shape index (κ1) is 10.5. The Kier molecular flexibility index (Phi) is 3.70. The zero-order valence-electron chi connectivity index (χ0n) is 7.56. The van der Waals surface area contributed by atoms with E-state index in [2.05, 4.69) is 0 Å². The molecule has 0 heterocycles. The molecule has 0 fully saturated rings. The number of nitrogens with two attached hydrogens (primary N) is 1. The lowest BCUT2D eigenvalue weighted by atomic mass is 10.0. The van der Waals surface area contributed by atoms with Gasteiger partial charge in [0.2, 0.25) is 0 Å². The van der Waals surface area contributed by atoms with Crippen LogP contribution in [0.4, 0.5) is 4.39 Å². The number of hydrogen-bond donors (Lipinski definition) is 1. The highest BCUT2D eigenvalue weighted by Gasteiger charge is 2.06. The molecular weight excluding hydrogens is 189 g/mol. The van der Waals surface area contributed by atoms with Gasteiger partial charge in [0.15, 0.2) is 0 Å². The van der Waals surface area contributed by atoms with Crippen molar-refractivity contribution < 1.29 is 4.39 Å². The number of alkyl halides is 1. The molecule has 1 rings (SSSR count). The van der Waals surface area contributed by atoms with Crippen LogP contribution in [0.1, 0.15) is 23.6 Å². The average Bonchev–Trinajstić information content (AvgIpc) is 2.10. The van der Waals surface area contributed by atoms with Crippen LogP contribution in [0.5, 0.6) is 0 Å². The Balaban J connectivity index is 2.84. The number of rotatable bonds is 3. The van der Waals surface area contributed by atoms with Gasteiger partial charge in [0.25, 0.3) is 0 Å². The molecule has 3 heteroatoms. The fourth-order valence-electron chi connectivity index (χ4n) is 1.12. The molecule has 0 radical (unpaired) electrons. The minimum absolute atomic E-state index is 0.247. The fourth-order valence-corrected chi connectivity index (χ4v) is 1.31. The van der Waals surface area contributed by atoms with Crippen LogP contribution in [0.2, 0.25) is 5.02 Å². The molecule has 0 aromatic heterocycles. The Morgan fingerprint density at radius 3 is 2.77 bits per heavy atom. The number of benzene rings is 1. The lowest BCUT2D eigenvalue weighted by Crippen LogP contribution is -2.10. The van der Waals surface area contributed by atoms with Gasteiger partial charge < -0.3 is 5.73 Å². The van der Waals surface area contributed by atoms with E-state index in [1.54, 1.807) is 6.07 Å².